The van der Waals surface area contributed by atoms with Gasteiger partial charge in [0.1, 0.15) is 4.90 Å². The number of sulfonamides is 1. The zero-order chi connectivity index (χ0) is 23.3. The van der Waals surface area contributed by atoms with Crippen molar-refractivity contribution in [2.75, 3.05) is 25.0 Å². The molecule has 0 saturated carbocycles. The minimum Gasteiger partial charge on any atom is -0.455 e. The summed E-state index contributed by atoms with van der Waals surface area (Å²) < 4.78 is 31.6. The largest absolute Gasteiger partial charge is 0.455 e. The van der Waals surface area contributed by atoms with Crippen molar-refractivity contribution in [2.24, 2.45) is 5.92 Å². The number of nitrogens with zero attached hydrogens (tertiary/aromatic N) is 3. The van der Waals surface area contributed by atoms with Gasteiger partial charge in [-0.2, -0.15) is 4.31 Å². The number of ether oxygens (including phenoxy) is 1. The highest BCUT2D eigenvalue weighted by molar-refractivity contribution is 7.89. The molecule has 1 N–H and O–H groups in total. The number of pyridine rings is 1. The standard InChI is InChI=1S/C20H22N4O7S/c1-14-11-16(24(27)28)4-5-18(14)22-19(25)13-31-20(26)15-6-9-23(10-7-15)32(29,30)17-3-2-8-21-12-17/h2-5,8,11-12,15H,6-7,9-10,13H2,1H3,(H,22,25). The van der Waals surface area contributed by atoms with Gasteiger partial charge in [0.25, 0.3) is 11.6 Å². The van der Waals surface area contributed by atoms with E-state index < -0.39 is 39.3 Å². The topological polar surface area (TPSA) is 149 Å². The molecule has 12 heteroatoms. The fraction of sp³-hybridized carbons (Fsp3) is 0.350. The third-order valence-corrected chi connectivity index (χ3v) is 6.98. The molecule has 0 bridgehead atoms. The second kappa shape index (κ2) is 9.83. The molecule has 32 heavy (non-hydrogen) atoms. The number of hydrogen-bond donors (Lipinski definition) is 1. The zero-order valence-electron chi connectivity index (χ0n) is 17.3. The van der Waals surface area contributed by atoms with Gasteiger partial charge in [0.05, 0.1) is 10.8 Å². The van der Waals surface area contributed by atoms with Crippen molar-refractivity contribution in [3.63, 3.8) is 0 Å². The minimum absolute atomic E-state index is 0.0937. The Balaban J connectivity index is 1.48. The van der Waals surface area contributed by atoms with Crippen LogP contribution in [-0.4, -0.2) is 54.2 Å². The maximum absolute atomic E-state index is 12.6. The smallest absolute Gasteiger partial charge is 0.309 e. The number of anilines is 1. The molecule has 1 aromatic heterocycles. The van der Waals surface area contributed by atoms with Crippen molar-refractivity contribution in [1.29, 1.82) is 0 Å². The van der Waals surface area contributed by atoms with Gasteiger partial charge in [0.15, 0.2) is 6.61 Å². The van der Waals surface area contributed by atoms with Gasteiger partial charge in [-0.3, -0.25) is 24.7 Å². The predicted octanol–water partition coefficient (Wildman–Crippen LogP) is 1.88. The molecule has 1 aliphatic rings. The van der Waals surface area contributed by atoms with Gasteiger partial charge in [-0.1, -0.05) is 0 Å². The molecule has 0 unspecified atom stereocenters. The van der Waals surface area contributed by atoms with Gasteiger partial charge in [0.2, 0.25) is 10.0 Å². The number of esters is 1. The number of non-ortho nitro benzene ring substituents is 1. The number of aromatic nitrogens is 1. The van der Waals surface area contributed by atoms with E-state index in [2.05, 4.69) is 10.3 Å². The van der Waals surface area contributed by atoms with Gasteiger partial charge in [-0.15, -0.1) is 0 Å². The van der Waals surface area contributed by atoms with Crippen molar-refractivity contribution in [1.82, 2.24) is 9.29 Å². The van der Waals surface area contributed by atoms with Crippen LogP contribution in [0.5, 0.6) is 0 Å². The first-order chi connectivity index (χ1) is 15.2. The Bertz CT molecular complexity index is 1110. The number of carbonyl (C=O) groups is 2. The molecule has 1 saturated heterocycles. The predicted molar refractivity (Wildman–Crippen MR) is 113 cm³/mol. The lowest BCUT2D eigenvalue weighted by Crippen LogP contribution is -2.41. The fourth-order valence-electron chi connectivity index (χ4n) is 3.32. The van der Waals surface area contributed by atoms with E-state index in [4.69, 9.17) is 4.74 Å². The van der Waals surface area contributed by atoms with E-state index in [1.807, 2.05) is 0 Å². The summed E-state index contributed by atoms with van der Waals surface area (Å²) >= 11 is 0. The molecule has 1 amide bonds. The van der Waals surface area contributed by atoms with Gasteiger partial charge in [-0.05, 0) is 43.5 Å². The number of amides is 1. The minimum atomic E-state index is -3.67. The summed E-state index contributed by atoms with van der Waals surface area (Å²) in [6.45, 7) is 1.42. The Kier molecular flexibility index (Phi) is 7.15. The molecule has 0 radical (unpaired) electrons. The van der Waals surface area contributed by atoms with Crippen molar-refractivity contribution >= 4 is 33.3 Å². The third-order valence-electron chi connectivity index (χ3n) is 5.10. The second-order valence-corrected chi connectivity index (χ2v) is 9.22. The molecule has 170 valence electrons. The van der Waals surface area contributed by atoms with Crippen LogP contribution in [0.2, 0.25) is 0 Å². The highest BCUT2D eigenvalue weighted by atomic mass is 32.2. The van der Waals surface area contributed by atoms with Gasteiger partial charge < -0.3 is 10.1 Å². The number of rotatable bonds is 7. The van der Waals surface area contributed by atoms with Gasteiger partial charge in [-0.25, -0.2) is 8.42 Å². The number of nitrogens with one attached hydrogen (secondary N) is 1. The Morgan fingerprint density at radius 3 is 2.59 bits per heavy atom. The van der Waals surface area contributed by atoms with E-state index in [0.717, 1.165) is 0 Å². The lowest BCUT2D eigenvalue weighted by atomic mass is 9.98. The number of nitro benzene ring substituents is 1. The first-order valence-electron chi connectivity index (χ1n) is 9.80. The van der Waals surface area contributed by atoms with E-state index in [1.54, 1.807) is 13.0 Å². The number of piperidine rings is 1. The molecule has 1 aliphatic heterocycles. The number of aryl methyl sites for hydroxylation is 1. The Labute approximate surface area is 184 Å². The second-order valence-electron chi connectivity index (χ2n) is 7.28. The molecule has 0 aliphatic carbocycles. The van der Waals surface area contributed by atoms with Crippen molar-refractivity contribution in [3.8, 4) is 0 Å². The summed E-state index contributed by atoms with van der Waals surface area (Å²) in [5, 5.41) is 13.3. The quantitative estimate of drug-likeness (QED) is 0.372. The monoisotopic (exact) mass is 462 g/mol. The average molecular weight is 462 g/mol. The molecular formula is C20H22N4O7S. The van der Waals surface area contributed by atoms with E-state index in [1.165, 1.54) is 41.0 Å². The van der Waals surface area contributed by atoms with Crippen molar-refractivity contribution in [3.05, 3.63) is 58.4 Å². The van der Waals surface area contributed by atoms with Crippen molar-refractivity contribution in [2.45, 2.75) is 24.7 Å². The summed E-state index contributed by atoms with van der Waals surface area (Å²) in [5.41, 5.74) is 0.787. The molecule has 3 rings (SSSR count). The molecule has 11 nitrogen and oxygen atoms in total. The van der Waals surface area contributed by atoms with Crippen LogP contribution in [0.3, 0.4) is 0 Å². The Hall–Kier alpha value is -3.38. The summed E-state index contributed by atoms with van der Waals surface area (Å²) in [5.74, 6) is -1.66. The molecule has 1 aromatic carbocycles. The number of carbonyl (C=O) groups excluding carboxylic acids is 2. The highest BCUT2D eigenvalue weighted by Crippen LogP contribution is 2.24. The highest BCUT2D eigenvalue weighted by Gasteiger charge is 2.33. The molecule has 2 heterocycles. The lowest BCUT2D eigenvalue weighted by molar-refractivity contribution is -0.384. The Morgan fingerprint density at radius 1 is 1.28 bits per heavy atom. The van der Waals surface area contributed by atoms with Crippen LogP contribution < -0.4 is 5.32 Å². The van der Waals surface area contributed by atoms with Crippen LogP contribution in [0.4, 0.5) is 11.4 Å². The van der Waals surface area contributed by atoms with E-state index in [9.17, 15) is 28.1 Å². The van der Waals surface area contributed by atoms with E-state index in [0.29, 0.717) is 11.3 Å². The van der Waals surface area contributed by atoms with Crippen LogP contribution >= 0.6 is 0 Å². The average Bonchev–Trinajstić information content (AvgIpc) is 2.79. The maximum atomic E-state index is 12.6. The third kappa shape index (κ3) is 5.45. The van der Waals surface area contributed by atoms with Crippen LogP contribution in [-0.2, 0) is 24.3 Å². The SMILES string of the molecule is Cc1cc([N+](=O)[O-])ccc1NC(=O)COC(=O)C1CCN(S(=O)(=O)c2cccnc2)CC1. The molecular weight excluding hydrogens is 440 g/mol. The molecule has 0 atom stereocenters. The van der Waals surface area contributed by atoms with Gasteiger partial charge in [0, 0.05) is 43.3 Å². The molecule has 0 spiro atoms. The first kappa shape index (κ1) is 23.3. The molecule has 1 fully saturated rings. The first-order valence-corrected chi connectivity index (χ1v) is 11.2. The van der Waals surface area contributed by atoms with Crippen LogP contribution in [0, 0.1) is 23.0 Å². The number of benzene rings is 1. The molecule has 2 aromatic rings. The summed E-state index contributed by atoms with van der Waals surface area (Å²) in [6.07, 6.45) is 3.32. The summed E-state index contributed by atoms with van der Waals surface area (Å²) in [7, 11) is -3.67. The van der Waals surface area contributed by atoms with Gasteiger partial charge >= 0.3 is 5.97 Å². The normalized spacial score (nSPS) is 15.2. The van der Waals surface area contributed by atoms with Crippen LogP contribution in [0.1, 0.15) is 18.4 Å². The van der Waals surface area contributed by atoms with Crippen LogP contribution in [0.25, 0.3) is 0 Å². The number of hydrogen-bond acceptors (Lipinski definition) is 8. The van der Waals surface area contributed by atoms with Crippen molar-refractivity contribution < 1.29 is 27.7 Å². The summed E-state index contributed by atoms with van der Waals surface area (Å²) in [4.78, 5) is 38.6. The number of nitro groups is 1. The fourth-order valence-corrected chi connectivity index (χ4v) is 4.76. The van der Waals surface area contributed by atoms with Crippen LogP contribution in [0.15, 0.2) is 47.6 Å². The maximum Gasteiger partial charge on any atom is 0.309 e. The van der Waals surface area contributed by atoms with E-state index >= 15 is 0 Å². The Morgan fingerprint density at radius 2 is 2.00 bits per heavy atom. The zero-order valence-corrected chi connectivity index (χ0v) is 18.1. The lowest BCUT2D eigenvalue weighted by Gasteiger charge is -2.29. The summed E-state index contributed by atoms with van der Waals surface area (Å²) in [6, 6.07) is 7.01. The van der Waals surface area contributed by atoms with E-state index in [-0.39, 0.29) is 36.5 Å².